The number of likely N-dealkylation sites (tertiary alicyclic amines) is 1. The van der Waals surface area contributed by atoms with Gasteiger partial charge in [-0.2, -0.15) is 0 Å². The van der Waals surface area contributed by atoms with Gasteiger partial charge in [0.25, 0.3) is 5.91 Å². The van der Waals surface area contributed by atoms with Crippen LogP contribution in [0.5, 0.6) is 0 Å². The fourth-order valence-corrected chi connectivity index (χ4v) is 4.11. The molecule has 1 aliphatic carbocycles. The van der Waals surface area contributed by atoms with Gasteiger partial charge in [0.1, 0.15) is 0 Å². The molecule has 4 nitrogen and oxygen atoms in total. The molecule has 1 amide bonds. The topological polar surface area (TPSA) is 49.8 Å². The molecule has 2 aromatic carbocycles. The Labute approximate surface area is 154 Å². The van der Waals surface area contributed by atoms with E-state index in [2.05, 4.69) is 12.1 Å². The molecule has 0 saturated carbocycles. The van der Waals surface area contributed by atoms with Crippen LogP contribution in [0.1, 0.15) is 23.1 Å². The standard InChI is InChI=1S/C22H25NO3/c24-21(22(25)12-19-8-4-5-9-20(19)13-22)23-11-10-18(14-23)16-26-15-17-6-2-1-3-7-17/h1-9,18,25H,10-16H2. The Hall–Kier alpha value is -2.17. The lowest BCUT2D eigenvalue weighted by Crippen LogP contribution is -2.49. The number of rotatable bonds is 5. The summed E-state index contributed by atoms with van der Waals surface area (Å²) in [5.74, 6) is 0.217. The number of hydrogen-bond acceptors (Lipinski definition) is 3. The molecule has 0 bridgehead atoms. The second-order valence-electron chi connectivity index (χ2n) is 7.56. The largest absolute Gasteiger partial charge is 0.379 e. The van der Waals surface area contributed by atoms with Crippen molar-refractivity contribution < 1.29 is 14.6 Å². The second-order valence-corrected chi connectivity index (χ2v) is 7.56. The summed E-state index contributed by atoms with van der Waals surface area (Å²) in [5.41, 5.74) is 2.07. The third-order valence-electron chi connectivity index (χ3n) is 5.52. The number of amides is 1. The maximum atomic E-state index is 12.9. The number of carbonyl (C=O) groups is 1. The zero-order valence-electron chi connectivity index (χ0n) is 14.9. The number of carbonyl (C=O) groups excluding carboxylic acids is 1. The van der Waals surface area contributed by atoms with Crippen LogP contribution in [0.4, 0.5) is 0 Å². The van der Waals surface area contributed by atoms with Crippen LogP contribution in [0, 0.1) is 5.92 Å². The first-order valence-corrected chi connectivity index (χ1v) is 9.34. The SMILES string of the molecule is O=C(N1CCC(COCc2ccccc2)C1)C1(O)Cc2ccccc2C1. The first-order chi connectivity index (χ1) is 12.6. The van der Waals surface area contributed by atoms with Crippen molar-refractivity contribution in [2.24, 2.45) is 5.92 Å². The Bertz CT molecular complexity index is 749. The summed E-state index contributed by atoms with van der Waals surface area (Å²) in [5, 5.41) is 10.9. The molecule has 4 heteroatoms. The number of nitrogens with zero attached hydrogens (tertiary/aromatic N) is 1. The lowest BCUT2D eigenvalue weighted by molar-refractivity contribution is -0.149. The number of aliphatic hydroxyl groups is 1. The van der Waals surface area contributed by atoms with Crippen LogP contribution in [-0.4, -0.2) is 41.2 Å². The molecule has 4 rings (SSSR count). The van der Waals surface area contributed by atoms with E-state index in [4.69, 9.17) is 4.74 Å². The predicted molar refractivity (Wildman–Crippen MR) is 99.6 cm³/mol. The van der Waals surface area contributed by atoms with Crippen LogP contribution in [0.3, 0.4) is 0 Å². The van der Waals surface area contributed by atoms with E-state index in [-0.39, 0.29) is 5.91 Å². The van der Waals surface area contributed by atoms with Gasteiger partial charge < -0.3 is 14.7 Å². The number of benzene rings is 2. The fraction of sp³-hybridized carbons (Fsp3) is 0.409. The first-order valence-electron chi connectivity index (χ1n) is 9.34. The van der Waals surface area contributed by atoms with E-state index in [9.17, 15) is 9.90 Å². The lowest BCUT2D eigenvalue weighted by Gasteiger charge is -2.27. The van der Waals surface area contributed by atoms with E-state index in [1.807, 2.05) is 47.4 Å². The van der Waals surface area contributed by atoms with E-state index < -0.39 is 5.60 Å². The zero-order valence-corrected chi connectivity index (χ0v) is 14.9. The van der Waals surface area contributed by atoms with Gasteiger partial charge in [0.2, 0.25) is 0 Å². The maximum Gasteiger partial charge on any atom is 0.255 e. The van der Waals surface area contributed by atoms with Crippen molar-refractivity contribution in [2.45, 2.75) is 31.5 Å². The van der Waals surface area contributed by atoms with Crippen LogP contribution >= 0.6 is 0 Å². The monoisotopic (exact) mass is 351 g/mol. The van der Waals surface area contributed by atoms with Gasteiger partial charge in [0.05, 0.1) is 13.2 Å². The smallest absolute Gasteiger partial charge is 0.255 e. The summed E-state index contributed by atoms with van der Waals surface area (Å²) in [7, 11) is 0. The van der Waals surface area contributed by atoms with Crippen molar-refractivity contribution in [3.05, 3.63) is 71.3 Å². The van der Waals surface area contributed by atoms with Crippen molar-refractivity contribution in [1.82, 2.24) is 4.90 Å². The van der Waals surface area contributed by atoms with Gasteiger partial charge in [-0.15, -0.1) is 0 Å². The summed E-state index contributed by atoms with van der Waals surface area (Å²) >= 11 is 0. The number of ether oxygens (including phenoxy) is 1. The summed E-state index contributed by atoms with van der Waals surface area (Å²) in [6.07, 6.45) is 1.78. The Morgan fingerprint density at radius 1 is 1.08 bits per heavy atom. The highest BCUT2D eigenvalue weighted by molar-refractivity contribution is 5.87. The molecule has 2 aromatic rings. The highest BCUT2D eigenvalue weighted by atomic mass is 16.5. The molecule has 1 atom stereocenters. The molecule has 1 heterocycles. The fourth-order valence-electron chi connectivity index (χ4n) is 4.11. The van der Waals surface area contributed by atoms with Crippen LogP contribution in [-0.2, 0) is 29.0 Å². The molecule has 1 fully saturated rings. The van der Waals surface area contributed by atoms with E-state index in [1.165, 1.54) is 0 Å². The van der Waals surface area contributed by atoms with Gasteiger partial charge in [-0.25, -0.2) is 0 Å². The van der Waals surface area contributed by atoms with Crippen LogP contribution in [0.25, 0.3) is 0 Å². The van der Waals surface area contributed by atoms with E-state index in [1.54, 1.807) is 0 Å². The van der Waals surface area contributed by atoms with Gasteiger partial charge in [-0.1, -0.05) is 54.6 Å². The van der Waals surface area contributed by atoms with Gasteiger partial charge in [-0.05, 0) is 23.1 Å². The average Bonchev–Trinajstić information content (AvgIpc) is 3.26. The van der Waals surface area contributed by atoms with Crippen molar-refractivity contribution in [1.29, 1.82) is 0 Å². The quantitative estimate of drug-likeness (QED) is 0.901. The number of hydrogen-bond donors (Lipinski definition) is 1. The minimum absolute atomic E-state index is 0.126. The Morgan fingerprint density at radius 3 is 2.42 bits per heavy atom. The molecular formula is C22H25NO3. The van der Waals surface area contributed by atoms with Gasteiger partial charge in [-0.3, -0.25) is 4.79 Å². The van der Waals surface area contributed by atoms with E-state index in [0.29, 0.717) is 45.1 Å². The van der Waals surface area contributed by atoms with E-state index >= 15 is 0 Å². The lowest BCUT2D eigenvalue weighted by atomic mass is 9.98. The number of fused-ring (bicyclic) bond motifs is 1. The third kappa shape index (κ3) is 3.53. The Balaban J connectivity index is 1.29. The Morgan fingerprint density at radius 2 is 1.73 bits per heavy atom. The minimum Gasteiger partial charge on any atom is -0.379 e. The van der Waals surface area contributed by atoms with Crippen molar-refractivity contribution in [2.75, 3.05) is 19.7 Å². The molecule has 136 valence electrons. The Kier molecular flexibility index (Phi) is 4.79. The molecule has 1 saturated heterocycles. The van der Waals surface area contributed by atoms with E-state index in [0.717, 1.165) is 23.1 Å². The van der Waals surface area contributed by atoms with Crippen LogP contribution < -0.4 is 0 Å². The summed E-state index contributed by atoms with van der Waals surface area (Å²) < 4.78 is 5.83. The van der Waals surface area contributed by atoms with Crippen LogP contribution in [0.15, 0.2) is 54.6 Å². The summed E-state index contributed by atoms with van der Waals surface area (Å²) in [6, 6.07) is 18.1. The molecular weight excluding hydrogens is 326 g/mol. The normalized spacial score (nSPS) is 21.0. The molecule has 2 aliphatic rings. The average molecular weight is 351 g/mol. The van der Waals surface area contributed by atoms with Gasteiger partial charge >= 0.3 is 0 Å². The highest BCUT2D eigenvalue weighted by Gasteiger charge is 2.45. The van der Waals surface area contributed by atoms with Crippen molar-refractivity contribution >= 4 is 5.91 Å². The zero-order chi connectivity index (χ0) is 18.0. The van der Waals surface area contributed by atoms with Gasteiger partial charge in [0, 0.05) is 31.8 Å². The molecule has 0 radical (unpaired) electrons. The third-order valence-corrected chi connectivity index (χ3v) is 5.52. The molecule has 1 N–H and O–H groups in total. The predicted octanol–water partition coefficient (Wildman–Crippen LogP) is 2.58. The summed E-state index contributed by atoms with van der Waals surface area (Å²) in [6.45, 7) is 2.63. The van der Waals surface area contributed by atoms with Crippen molar-refractivity contribution in [3.63, 3.8) is 0 Å². The molecule has 0 spiro atoms. The summed E-state index contributed by atoms with van der Waals surface area (Å²) in [4.78, 5) is 14.7. The van der Waals surface area contributed by atoms with Gasteiger partial charge in [0.15, 0.2) is 5.60 Å². The minimum atomic E-state index is -1.27. The first kappa shape index (κ1) is 17.3. The molecule has 1 unspecified atom stereocenters. The maximum absolute atomic E-state index is 12.9. The molecule has 26 heavy (non-hydrogen) atoms. The second kappa shape index (κ2) is 7.22. The van der Waals surface area contributed by atoms with Crippen LogP contribution in [0.2, 0.25) is 0 Å². The molecule has 0 aromatic heterocycles. The highest BCUT2D eigenvalue weighted by Crippen LogP contribution is 2.33. The van der Waals surface area contributed by atoms with Crippen molar-refractivity contribution in [3.8, 4) is 0 Å². The molecule has 1 aliphatic heterocycles.